The van der Waals surface area contributed by atoms with Gasteiger partial charge in [-0.1, -0.05) is 29.8 Å². The van der Waals surface area contributed by atoms with Crippen molar-refractivity contribution in [1.29, 1.82) is 0 Å². The van der Waals surface area contributed by atoms with Gasteiger partial charge in [0.25, 0.3) is 0 Å². The summed E-state index contributed by atoms with van der Waals surface area (Å²) in [6.07, 6.45) is 1.84. The summed E-state index contributed by atoms with van der Waals surface area (Å²) in [5, 5.41) is 1.18. The first-order chi connectivity index (χ1) is 13.5. The molecule has 0 aliphatic rings. The van der Waals surface area contributed by atoms with Gasteiger partial charge in [-0.25, -0.2) is 4.39 Å². The second-order valence-corrected chi connectivity index (χ2v) is 7.18. The van der Waals surface area contributed by atoms with Gasteiger partial charge < -0.3 is 9.30 Å². The number of aryl methyl sites for hydroxylation is 2. The third-order valence-electron chi connectivity index (χ3n) is 5.27. The number of hydrogen-bond acceptors (Lipinski definition) is 2. The van der Waals surface area contributed by atoms with E-state index in [9.17, 15) is 4.39 Å². The van der Waals surface area contributed by atoms with Crippen molar-refractivity contribution in [2.75, 3.05) is 0 Å². The van der Waals surface area contributed by atoms with E-state index in [2.05, 4.69) is 30.3 Å². The van der Waals surface area contributed by atoms with Crippen LogP contribution in [0.4, 0.5) is 4.39 Å². The Balaban J connectivity index is 1.71. The highest BCUT2D eigenvalue weighted by Gasteiger charge is 2.16. The monoisotopic (exact) mass is 374 g/mol. The Morgan fingerprint density at radius 3 is 2.36 bits per heavy atom. The third-order valence-corrected chi connectivity index (χ3v) is 5.27. The molecule has 0 saturated carbocycles. The summed E-state index contributed by atoms with van der Waals surface area (Å²) in [6.45, 7) is 7.36. The second-order valence-electron chi connectivity index (χ2n) is 7.18. The zero-order valence-corrected chi connectivity index (χ0v) is 16.4. The van der Waals surface area contributed by atoms with E-state index in [1.165, 1.54) is 34.3 Å². The lowest BCUT2D eigenvalue weighted by Gasteiger charge is -2.12. The van der Waals surface area contributed by atoms with Crippen LogP contribution in [0.5, 0.6) is 5.75 Å². The molecule has 0 atom stereocenters. The Morgan fingerprint density at radius 2 is 1.64 bits per heavy atom. The van der Waals surface area contributed by atoms with Gasteiger partial charge in [0.15, 0.2) is 0 Å². The standard InChI is InChI=1S/C24H23FN2O/c1-16-4-10-21(11-5-16)28-15-23-24-22(12-13-26-23)17(2)18(3)27(24)14-19-6-8-20(25)9-7-19/h4-13H,14-15H2,1-3H3. The van der Waals surface area contributed by atoms with E-state index in [1.807, 2.05) is 48.7 Å². The fourth-order valence-corrected chi connectivity index (χ4v) is 3.53. The lowest BCUT2D eigenvalue weighted by Crippen LogP contribution is -2.06. The molecule has 0 fully saturated rings. The van der Waals surface area contributed by atoms with E-state index >= 15 is 0 Å². The maximum Gasteiger partial charge on any atom is 0.132 e. The minimum atomic E-state index is -0.220. The predicted octanol–water partition coefficient (Wildman–Crippen LogP) is 5.73. The van der Waals surface area contributed by atoms with Crippen LogP contribution >= 0.6 is 0 Å². The van der Waals surface area contributed by atoms with Crippen LogP contribution in [0.3, 0.4) is 0 Å². The zero-order chi connectivity index (χ0) is 19.7. The molecule has 0 aliphatic carbocycles. The van der Waals surface area contributed by atoms with Gasteiger partial charge in [0.2, 0.25) is 0 Å². The molecule has 2 heterocycles. The van der Waals surface area contributed by atoms with Gasteiger partial charge in [0.1, 0.15) is 23.9 Å². The molecular weight excluding hydrogens is 351 g/mol. The maximum absolute atomic E-state index is 13.3. The van der Waals surface area contributed by atoms with Gasteiger partial charge >= 0.3 is 0 Å². The largest absolute Gasteiger partial charge is 0.487 e. The molecule has 0 aliphatic heterocycles. The van der Waals surface area contributed by atoms with Gasteiger partial charge in [-0.15, -0.1) is 0 Å². The van der Waals surface area contributed by atoms with Crippen LogP contribution < -0.4 is 4.74 Å². The number of aromatic nitrogens is 2. The molecule has 4 heteroatoms. The molecule has 0 unspecified atom stereocenters. The molecule has 4 rings (SSSR count). The van der Waals surface area contributed by atoms with Crippen molar-refractivity contribution in [1.82, 2.24) is 9.55 Å². The number of halogens is 1. The SMILES string of the molecule is Cc1ccc(OCc2nccc3c(C)c(C)n(Cc4ccc(F)cc4)c23)cc1. The molecule has 0 bridgehead atoms. The van der Waals surface area contributed by atoms with Crippen LogP contribution in [0.15, 0.2) is 60.8 Å². The van der Waals surface area contributed by atoms with E-state index in [-0.39, 0.29) is 5.82 Å². The highest BCUT2D eigenvalue weighted by Crippen LogP contribution is 2.28. The van der Waals surface area contributed by atoms with Crippen molar-refractivity contribution in [3.63, 3.8) is 0 Å². The second kappa shape index (κ2) is 7.47. The lowest BCUT2D eigenvalue weighted by molar-refractivity contribution is 0.302. The van der Waals surface area contributed by atoms with Crippen LogP contribution in [0.2, 0.25) is 0 Å². The summed E-state index contributed by atoms with van der Waals surface area (Å²) in [7, 11) is 0. The predicted molar refractivity (Wildman–Crippen MR) is 110 cm³/mol. The van der Waals surface area contributed by atoms with Gasteiger partial charge in [-0.2, -0.15) is 0 Å². The molecule has 3 nitrogen and oxygen atoms in total. The smallest absolute Gasteiger partial charge is 0.132 e. The Hall–Kier alpha value is -3.14. The fourth-order valence-electron chi connectivity index (χ4n) is 3.53. The van der Waals surface area contributed by atoms with Crippen LogP contribution in [0.25, 0.3) is 10.9 Å². The minimum absolute atomic E-state index is 0.220. The molecule has 0 N–H and O–H groups in total. The molecule has 142 valence electrons. The van der Waals surface area contributed by atoms with Crippen LogP contribution in [0, 0.1) is 26.6 Å². The van der Waals surface area contributed by atoms with Gasteiger partial charge in [-0.05, 0) is 62.2 Å². The van der Waals surface area contributed by atoms with Gasteiger partial charge in [0.05, 0.1) is 5.52 Å². The normalized spacial score (nSPS) is 11.1. The number of rotatable bonds is 5. The van der Waals surface area contributed by atoms with E-state index in [0.717, 1.165) is 22.5 Å². The summed E-state index contributed by atoms with van der Waals surface area (Å²) in [5.41, 5.74) is 6.65. The Labute approximate surface area is 164 Å². The molecule has 2 aromatic carbocycles. The summed E-state index contributed by atoms with van der Waals surface area (Å²) in [6, 6.07) is 16.7. The summed E-state index contributed by atoms with van der Waals surface area (Å²) >= 11 is 0. The number of benzene rings is 2. The van der Waals surface area contributed by atoms with Crippen LogP contribution in [-0.2, 0) is 13.2 Å². The first-order valence-corrected chi connectivity index (χ1v) is 9.40. The molecule has 0 spiro atoms. The molecule has 0 amide bonds. The molecule has 2 aromatic heterocycles. The van der Waals surface area contributed by atoms with Crippen LogP contribution in [-0.4, -0.2) is 9.55 Å². The number of pyridine rings is 1. The number of fused-ring (bicyclic) bond motifs is 1. The van der Waals surface area contributed by atoms with Crippen molar-refractivity contribution in [2.45, 2.75) is 33.9 Å². The number of nitrogens with zero attached hydrogens (tertiary/aromatic N) is 2. The zero-order valence-electron chi connectivity index (χ0n) is 16.4. The maximum atomic E-state index is 13.3. The first-order valence-electron chi connectivity index (χ1n) is 9.40. The van der Waals surface area contributed by atoms with E-state index < -0.39 is 0 Å². The van der Waals surface area contributed by atoms with Crippen molar-refractivity contribution in [3.8, 4) is 5.75 Å². The quantitative estimate of drug-likeness (QED) is 0.446. The topological polar surface area (TPSA) is 27.1 Å². The van der Waals surface area contributed by atoms with Crippen molar-refractivity contribution < 1.29 is 9.13 Å². The average Bonchev–Trinajstić information content (AvgIpc) is 2.95. The highest BCUT2D eigenvalue weighted by molar-refractivity contribution is 5.87. The first kappa shape index (κ1) is 18.2. The number of hydrogen-bond donors (Lipinski definition) is 0. The molecular formula is C24H23FN2O. The Kier molecular flexibility index (Phi) is 4.86. The number of ether oxygens (including phenoxy) is 1. The van der Waals surface area contributed by atoms with E-state index in [0.29, 0.717) is 13.2 Å². The Morgan fingerprint density at radius 1 is 0.929 bits per heavy atom. The summed E-state index contributed by atoms with van der Waals surface area (Å²) in [4.78, 5) is 4.60. The third kappa shape index (κ3) is 3.50. The fraction of sp³-hybridized carbons (Fsp3) is 0.208. The molecule has 0 radical (unpaired) electrons. The van der Waals surface area contributed by atoms with E-state index in [1.54, 1.807) is 0 Å². The van der Waals surface area contributed by atoms with Gasteiger partial charge in [-0.3, -0.25) is 4.98 Å². The molecule has 0 saturated heterocycles. The minimum Gasteiger partial charge on any atom is -0.487 e. The van der Waals surface area contributed by atoms with E-state index in [4.69, 9.17) is 4.74 Å². The summed E-state index contributed by atoms with van der Waals surface area (Å²) < 4.78 is 21.5. The molecule has 28 heavy (non-hydrogen) atoms. The van der Waals surface area contributed by atoms with Crippen molar-refractivity contribution in [2.24, 2.45) is 0 Å². The highest BCUT2D eigenvalue weighted by atomic mass is 19.1. The Bertz CT molecular complexity index is 1110. The lowest BCUT2D eigenvalue weighted by atomic mass is 10.1. The summed E-state index contributed by atoms with van der Waals surface area (Å²) in [5.74, 6) is 0.609. The van der Waals surface area contributed by atoms with Crippen LogP contribution in [0.1, 0.15) is 28.1 Å². The molecule has 4 aromatic rings. The van der Waals surface area contributed by atoms with Crippen molar-refractivity contribution in [3.05, 3.63) is 94.7 Å². The van der Waals surface area contributed by atoms with Gasteiger partial charge in [0, 0.05) is 23.8 Å². The van der Waals surface area contributed by atoms with Crippen molar-refractivity contribution >= 4 is 10.9 Å². The average molecular weight is 374 g/mol.